The van der Waals surface area contributed by atoms with E-state index in [1.54, 1.807) is 18.2 Å². The average Bonchev–Trinajstić information content (AvgIpc) is 2.56. The summed E-state index contributed by atoms with van der Waals surface area (Å²) in [6.07, 6.45) is 3.72. The van der Waals surface area contributed by atoms with Gasteiger partial charge in [0.1, 0.15) is 11.6 Å². The molecule has 2 aromatic carbocycles. The highest BCUT2D eigenvalue weighted by Gasteiger charge is 1.99. The first-order valence-electron chi connectivity index (χ1n) is 6.50. The first-order valence-corrected chi connectivity index (χ1v) is 6.50. The molecule has 0 bridgehead atoms. The van der Waals surface area contributed by atoms with Gasteiger partial charge in [0.25, 0.3) is 0 Å². The van der Waals surface area contributed by atoms with Gasteiger partial charge >= 0.3 is 0 Å². The molecule has 5 heteroatoms. The Bertz CT molecular complexity index is 688. The van der Waals surface area contributed by atoms with Crippen LogP contribution in [0, 0.1) is 17.2 Å². The number of amidine groups is 1. The molecule has 6 N–H and O–H groups in total. The Morgan fingerprint density at radius 3 is 2.27 bits per heavy atom. The van der Waals surface area contributed by atoms with Crippen LogP contribution in [0.25, 0.3) is 12.2 Å². The summed E-state index contributed by atoms with van der Waals surface area (Å²) >= 11 is 0. The Kier molecular flexibility index (Phi) is 6.35. The molecule has 0 heterocycles. The Labute approximate surface area is 129 Å². The summed E-state index contributed by atoms with van der Waals surface area (Å²) in [6.45, 7) is 3.91. The maximum Gasteiger partial charge on any atom is 0.123 e. The van der Waals surface area contributed by atoms with Crippen molar-refractivity contribution in [3.05, 3.63) is 64.7 Å². The zero-order valence-corrected chi connectivity index (χ0v) is 12.0. The van der Waals surface area contributed by atoms with Crippen molar-refractivity contribution in [2.24, 2.45) is 11.5 Å². The molecular weight excluding hydrogens is 276 g/mol. The van der Waals surface area contributed by atoms with Crippen LogP contribution in [0.2, 0.25) is 0 Å². The number of phenols is 1. The Balaban J connectivity index is 0.00000116. The topological polar surface area (TPSA) is 120 Å². The summed E-state index contributed by atoms with van der Waals surface area (Å²) in [4.78, 5) is 0. The Morgan fingerprint density at radius 2 is 1.77 bits per heavy atom. The molecule has 0 spiro atoms. The molecule has 22 heavy (non-hydrogen) atoms. The predicted molar refractivity (Wildman–Crippen MR) is 89.1 cm³/mol. The molecule has 0 radical (unpaired) electrons. The number of nitrogens with two attached hydrogens (primary N) is 2. The maximum atomic E-state index is 9.87. The van der Waals surface area contributed by atoms with Crippen LogP contribution in [0.3, 0.4) is 0 Å². The second kappa shape index (κ2) is 8.25. The number of phenolic OH excluding ortho intramolecular Hbond substituents is 1. The van der Waals surface area contributed by atoms with E-state index in [-0.39, 0.29) is 11.6 Å². The number of nitrogens with one attached hydrogen (secondary N) is 1. The fraction of sp³-hybridized carbons (Fsp3) is 0.0588. The number of hydrogen-bond acceptors (Lipinski definition) is 4. The first-order chi connectivity index (χ1) is 10.6. The van der Waals surface area contributed by atoms with Gasteiger partial charge in [0.15, 0.2) is 0 Å². The van der Waals surface area contributed by atoms with Gasteiger partial charge in [-0.1, -0.05) is 48.6 Å². The molecule has 2 aromatic rings. The number of benzene rings is 2. The summed E-state index contributed by atoms with van der Waals surface area (Å²) < 4.78 is 0. The third kappa shape index (κ3) is 4.47. The number of nitrogens with zero attached hydrogens (tertiary/aromatic N) is 1. The minimum Gasteiger partial charge on any atom is -0.507 e. The van der Waals surface area contributed by atoms with Crippen LogP contribution in [0.15, 0.2) is 42.5 Å². The predicted octanol–water partition coefficient (Wildman–Crippen LogP) is 2.45. The summed E-state index contributed by atoms with van der Waals surface area (Å²) in [6, 6.07) is 12.7. The minimum absolute atomic E-state index is 0.0514. The van der Waals surface area contributed by atoms with Gasteiger partial charge in [0.05, 0.1) is 0 Å². The van der Waals surface area contributed by atoms with Gasteiger partial charge in [0, 0.05) is 24.2 Å². The maximum absolute atomic E-state index is 9.87. The molecule has 0 amide bonds. The van der Waals surface area contributed by atoms with Crippen LogP contribution in [-0.4, -0.2) is 10.9 Å². The van der Waals surface area contributed by atoms with Crippen molar-refractivity contribution in [2.75, 3.05) is 0 Å². The molecule has 0 aliphatic carbocycles. The summed E-state index contributed by atoms with van der Waals surface area (Å²) in [7, 11) is 0. The van der Waals surface area contributed by atoms with E-state index in [4.69, 9.17) is 22.1 Å². The Morgan fingerprint density at radius 1 is 1.14 bits per heavy atom. The van der Waals surface area contributed by atoms with Crippen LogP contribution in [-0.2, 0) is 6.54 Å². The van der Waals surface area contributed by atoms with Crippen molar-refractivity contribution in [2.45, 2.75) is 6.54 Å². The second-order valence-corrected chi connectivity index (χ2v) is 4.47. The molecule has 0 saturated heterocycles. The first kappa shape index (κ1) is 17.0. The van der Waals surface area contributed by atoms with Gasteiger partial charge in [-0.05, 0) is 17.2 Å². The van der Waals surface area contributed by atoms with E-state index in [1.807, 2.05) is 36.4 Å². The summed E-state index contributed by atoms with van der Waals surface area (Å²) in [5.41, 5.74) is 14.2. The SMILES string of the molecule is C#N.N=C(N)c1ccc(/C=C/c2ccc(CN)cc2O)cc1. The van der Waals surface area contributed by atoms with Crippen molar-refractivity contribution >= 4 is 18.0 Å². The lowest BCUT2D eigenvalue weighted by atomic mass is 10.1. The standard InChI is InChI=1S/C16H17N3O.CHN/c17-10-12-4-6-13(15(20)9-12)5-1-11-2-7-14(8-3-11)16(18)19;1-2/h1-9,20H,10,17H2,(H3,18,19);1H/b5-1+;. The highest BCUT2D eigenvalue weighted by molar-refractivity contribution is 5.95. The zero-order valence-electron chi connectivity index (χ0n) is 12.0. The van der Waals surface area contributed by atoms with Crippen LogP contribution < -0.4 is 11.5 Å². The van der Waals surface area contributed by atoms with Gasteiger partial charge in [-0.15, -0.1) is 0 Å². The number of nitrogen functional groups attached to an aromatic ring is 1. The second-order valence-electron chi connectivity index (χ2n) is 4.47. The number of aromatic hydroxyl groups is 1. The van der Waals surface area contributed by atoms with E-state index in [9.17, 15) is 5.11 Å². The molecule has 5 nitrogen and oxygen atoms in total. The molecule has 112 valence electrons. The normalized spacial score (nSPS) is 9.95. The van der Waals surface area contributed by atoms with E-state index in [0.29, 0.717) is 12.1 Å². The molecule has 0 aliphatic heterocycles. The zero-order chi connectivity index (χ0) is 16.5. The molecule has 0 aliphatic rings. The van der Waals surface area contributed by atoms with Crippen molar-refractivity contribution in [3.8, 4) is 12.3 Å². The van der Waals surface area contributed by atoms with Gasteiger partial charge in [-0.3, -0.25) is 5.41 Å². The third-order valence-corrected chi connectivity index (χ3v) is 3.01. The monoisotopic (exact) mass is 294 g/mol. The molecule has 0 aromatic heterocycles. The van der Waals surface area contributed by atoms with E-state index in [1.165, 1.54) is 0 Å². The molecule has 0 atom stereocenters. The lowest BCUT2D eigenvalue weighted by Gasteiger charge is -2.02. The van der Waals surface area contributed by atoms with E-state index in [0.717, 1.165) is 16.7 Å². The number of hydrogen-bond donors (Lipinski definition) is 4. The lowest BCUT2D eigenvalue weighted by molar-refractivity contribution is 0.473. The van der Waals surface area contributed by atoms with Crippen LogP contribution in [0.1, 0.15) is 22.3 Å². The highest BCUT2D eigenvalue weighted by Crippen LogP contribution is 2.21. The smallest absolute Gasteiger partial charge is 0.123 e. The quantitative estimate of drug-likeness (QED) is 0.393. The lowest BCUT2D eigenvalue weighted by Crippen LogP contribution is -2.10. The van der Waals surface area contributed by atoms with Gasteiger partial charge in [-0.2, -0.15) is 0 Å². The summed E-state index contributed by atoms with van der Waals surface area (Å²) in [5.74, 6) is 0.264. The van der Waals surface area contributed by atoms with Crippen molar-refractivity contribution in [3.63, 3.8) is 0 Å². The van der Waals surface area contributed by atoms with Crippen molar-refractivity contribution in [1.82, 2.24) is 0 Å². The summed E-state index contributed by atoms with van der Waals surface area (Å²) in [5, 5.41) is 23.7. The Hall–Kier alpha value is -3.10. The van der Waals surface area contributed by atoms with Gasteiger partial charge in [0.2, 0.25) is 0 Å². The van der Waals surface area contributed by atoms with Crippen LogP contribution in [0.5, 0.6) is 5.75 Å². The molecular formula is C17H18N4O. The van der Waals surface area contributed by atoms with Crippen LogP contribution in [0.4, 0.5) is 0 Å². The minimum atomic E-state index is 0.0514. The van der Waals surface area contributed by atoms with Crippen LogP contribution >= 0.6 is 0 Å². The fourth-order valence-corrected chi connectivity index (χ4v) is 1.82. The van der Waals surface area contributed by atoms with Crippen molar-refractivity contribution in [1.29, 1.82) is 10.7 Å². The van der Waals surface area contributed by atoms with Gasteiger partial charge < -0.3 is 16.6 Å². The number of nitriles is 1. The highest BCUT2D eigenvalue weighted by atomic mass is 16.3. The third-order valence-electron chi connectivity index (χ3n) is 3.01. The van der Waals surface area contributed by atoms with E-state index >= 15 is 0 Å². The average molecular weight is 294 g/mol. The molecule has 0 saturated carbocycles. The number of rotatable bonds is 4. The fourth-order valence-electron chi connectivity index (χ4n) is 1.82. The van der Waals surface area contributed by atoms with Gasteiger partial charge in [-0.25, -0.2) is 5.26 Å². The van der Waals surface area contributed by atoms with E-state index < -0.39 is 0 Å². The largest absolute Gasteiger partial charge is 0.507 e. The van der Waals surface area contributed by atoms with Crippen molar-refractivity contribution < 1.29 is 5.11 Å². The molecule has 2 rings (SSSR count). The molecule has 0 unspecified atom stereocenters. The molecule has 0 fully saturated rings. The van der Waals surface area contributed by atoms with E-state index in [2.05, 4.69) is 6.57 Å².